The van der Waals surface area contributed by atoms with Gasteiger partial charge in [0.05, 0.1) is 0 Å². The molecule has 3 rings (SSSR count). The number of hydrogen-bond acceptors (Lipinski definition) is 4. The van der Waals surface area contributed by atoms with Gasteiger partial charge in [0, 0.05) is 5.39 Å². The monoisotopic (exact) mass is 210 g/mol. The van der Waals surface area contributed by atoms with Crippen LogP contribution in [0.3, 0.4) is 0 Å². The van der Waals surface area contributed by atoms with E-state index in [2.05, 4.69) is 15.4 Å². The number of furan rings is 1. The largest absolute Gasteiger partial charge is 0.454 e. The molecular weight excluding hydrogens is 204 g/mol. The molecule has 5 nitrogen and oxygen atoms in total. The van der Waals surface area contributed by atoms with Gasteiger partial charge >= 0.3 is 0 Å². The topological polar surface area (TPSA) is 78.5 Å². The van der Waals surface area contributed by atoms with E-state index in [1.165, 1.54) is 0 Å². The number of aromatic nitrogens is 3. The Kier molecular flexibility index (Phi) is 1.74. The van der Waals surface area contributed by atoms with Crippen molar-refractivity contribution in [3.05, 3.63) is 36.0 Å². The van der Waals surface area contributed by atoms with Crippen molar-refractivity contribution >= 4 is 11.0 Å². The first kappa shape index (κ1) is 8.68. The van der Waals surface area contributed by atoms with Crippen LogP contribution >= 0.6 is 0 Å². The normalized spacial score (nSPS) is 10.4. The molecule has 76 valence electrons. The van der Waals surface area contributed by atoms with E-state index in [-0.39, 0.29) is 5.69 Å². The standard InChI is InChI=1S/C11H6N4O/c12-6-8-11(14-15-13-8)10-5-7-3-1-2-4-9(7)16-10/h1-5H,(H,13,14,15). The zero-order chi connectivity index (χ0) is 11.0. The minimum absolute atomic E-state index is 0.235. The lowest BCUT2D eigenvalue weighted by molar-refractivity contribution is 0.628. The van der Waals surface area contributed by atoms with E-state index in [0.29, 0.717) is 11.5 Å². The predicted molar refractivity (Wildman–Crippen MR) is 56.3 cm³/mol. The number of rotatable bonds is 1. The number of aromatic amines is 1. The maximum absolute atomic E-state index is 8.83. The molecule has 0 saturated carbocycles. The van der Waals surface area contributed by atoms with Gasteiger partial charge in [0.2, 0.25) is 0 Å². The van der Waals surface area contributed by atoms with Gasteiger partial charge in [0.15, 0.2) is 17.1 Å². The first-order valence-electron chi connectivity index (χ1n) is 4.68. The molecule has 1 N–H and O–H groups in total. The van der Waals surface area contributed by atoms with Gasteiger partial charge in [0.1, 0.15) is 11.7 Å². The SMILES string of the molecule is N#Cc1n[nH]nc1-c1cc2ccccc2o1. The third-order valence-electron chi connectivity index (χ3n) is 2.31. The third-order valence-corrected chi connectivity index (χ3v) is 2.31. The van der Waals surface area contributed by atoms with Gasteiger partial charge in [-0.25, -0.2) is 0 Å². The Morgan fingerprint density at radius 1 is 1.25 bits per heavy atom. The lowest BCUT2D eigenvalue weighted by Crippen LogP contribution is -1.78. The van der Waals surface area contributed by atoms with Crippen LogP contribution in [0.25, 0.3) is 22.4 Å². The Hall–Kier alpha value is -2.61. The Balaban J connectivity index is 2.24. The van der Waals surface area contributed by atoms with Crippen LogP contribution in [0.4, 0.5) is 0 Å². The van der Waals surface area contributed by atoms with Gasteiger partial charge in [-0.2, -0.15) is 15.6 Å². The molecule has 3 aromatic rings. The molecule has 0 aliphatic heterocycles. The van der Waals surface area contributed by atoms with Crippen LogP contribution in [0, 0.1) is 11.3 Å². The smallest absolute Gasteiger partial charge is 0.193 e. The van der Waals surface area contributed by atoms with E-state index in [4.69, 9.17) is 9.68 Å². The second-order valence-electron chi connectivity index (χ2n) is 3.28. The molecule has 0 amide bonds. The quantitative estimate of drug-likeness (QED) is 0.667. The molecule has 2 aromatic heterocycles. The summed E-state index contributed by atoms with van der Waals surface area (Å²) in [4.78, 5) is 0. The molecule has 0 fully saturated rings. The highest BCUT2D eigenvalue weighted by atomic mass is 16.3. The van der Waals surface area contributed by atoms with Crippen LogP contribution in [0.15, 0.2) is 34.7 Å². The van der Waals surface area contributed by atoms with Crippen molar-refractivity contribution in [2.24, 2.45) is 0 Å². The Morgan fingerprint density at radius 3 is 2.94 bits per heavy atom. The first-order valence-corrected chi connectivity index (χ1v) is 4.68. The summed E-state index contributed by atoms with van der Waals surface area (Å²) >= 11 is 0. The minimum atomic E-state index is 0.235. The highest BCUT2D eigenvalue weighted by molar-refractivity contribution is 5.82. The highest BCUT2D eigenvalue weighted by Gasteiger charge is 2.14. The fraction of sp³-hybridized carbons (Fsp3) is 0. The van der Waals surface area contributed by atoms with Crippen molar-refractivity contribution in [1.82, 2.24) is 15.4 Å². The lowest BCUT2D eigenvalue weighted by Gasteiger charge is -1.87. The van der Waals surface area contributed by atoms with Gasteiger partial charge in [0.25, 0.3) is 0 Å². The molecule has 1 aromatic carbocycles. The van der Waals surface area contributed by atoms with Crippen LogP contribution in [0.2, 0.25) is 0 Å². The number of fused-ring (bicyclic) bond motifs is 1. The molecular formula is C11H6N4O. The summed E-state index contributed by atoms with van der Waals surface area (Å²) in [6.07, 6.45) is 0. The van der Waals surface area contributed by atoms with Gasteiger partial charge in [-0.3, -0.25) is 0 Å². The van der Waals surface area contributed by atoms with Crippen molar-refractivity contribution in [2.45, 2.75) is 0 Å². The van der Waals surface area contributed by atoms with Crippen molar-refractivity contribution < 1.29 is 4.42 Å². The van der Waals surface area contributed by atoms with E-state index in [9.17, 15) is 0 Å². The molecule has 0 radical (unpaired) electrons. The Morgan fingerprint density at radius 2 is 2.12 bits per heavy atom. The average molecular weight is 210 g/mol. The van der Waals surface area contributed by atoms with Crippen LogP contribution < -0.4 is 0 Å². The molecule has 0 unspecified atom stereocenters. The van der Waals surface area contributed by atoms with E-state index in [0.717, 1.165) is 11.0 Å². The Labute approximate surface area is 90.3 Å². The number of nitrogens with one attached hydrogen (secondary N) is 1. The molecule has 0 saturated heterocycles. The summed E-state index contributed by atoms with van der Waals surface area (Å²) in [6.45, 7) is 0. The summed E-state index contributed by atoms with van der Waals surface area (Å²) < 4.78 is 5.58. The maximum atomic E-state index is 8.83. The first-order chi connectivity index (χ1) is 7.88. The van der Waals surface area contributed by atoms with Gasteiger partial charge < -0.3 is 4.42 Å². The van der Waals surface area contributed by atoms with Crippen molar-refractivity contribution in [3.63, 3.8) is 0 Å². The zero-order valence-electron chi connectivity index (χ0n) is 8.14. The number of nitrogens with zero attached hydrogens (tertiary/aromatic N) is 3. The second kappa shape index (κ2) is 3.21. The van der Waals surface area contributed by atoms with E-state index in [1.807, 2.05) is 36.4 Å². The highest BCUT2D eigenvalue weighted by Crippen LogP contribution is 2.27. The lowest BCUT2D eigenvalue weighted by atomic mass is 10.2. The van der Waals surface area contributed by atoms with Crippen LogP contribution in [-0.2, 0) is 0 Å². The van der Waals surface area contributed by atoms with Gasteiger partial charge in [-0.1, -0.05) is 18.2 Å². The molecule has 0 aliphatic rings. The number of benzene rings is 1. The number of nitriles is 1. The summed E-state index contributed by atoms with van der Waals surface area (Å²) in [5.74, 6) is 0.548. The fourth-order valence-electron chi connectivity index (χ4n) is 1.58. The minimum Gasteiger partial charge on any atom is -0.454 e. The van der Waals surface area contributed by atoms with Crippen LogP contribution in [0.5, 0.6) is 0 Å². The molecule has 16 heavy (non-hydrogen) atoms. The van der Waals surface area contributed by atoms with E-state index >= 15 is 0 Å². The summed E-state index contributed by atoms with van der Waals surface area (Å²) in [6, 6.07) is 11.4. The molecule has 0 aliphatic carbocycles. The average Bonchev–Trinajstić information content (AvgIpc) is 2.94. The maximum Gasteiger partial charge on any atom is 0.193 e. The molecule has 5 heteroatoms. The van der Waals surface area contributed by atoms with E-state index < -0.39 is 0 Å². The van der Waals surface area contributed by atoms with Gasteiger partial charge in [-0.15, -0.1) is 5.10 Å². The predicted octanol–water partition coefficient (Wildman–Crippen LogP) is 2.09. The van der Waals surface area contributed by atoms with Gasteiger partial charge in [-0.05, 0) is 12.1 Å². The number of H-pyrrole nitrogens is 1. The Bertz CT molecular complexity index is 656. The summed E-state index contributed by atoms with van der Waals surface area (Å²) in [5, 5.41) is 19.8. The van der Waals surface area contributed by atoms with Crippen molar-refractivity contribution in [3.8, 4) is 17.5 Å². The third kappa shape index (κ3) is 1.17. The second-order valence-corrected chi connectivity index (χ2v) is 3.28. The van der Waals surface area contributed by atoms with E-state index in [1.54, 1.807) is 0 Å². The molecule has 0 atom stereocenters. The van der Waals surface area contributed by atoms with Crippen LogP contribution in [-0.4, -0.2) is 15.4 Å². The van der Waals surface area contributed by atoms with Crippen LogP contribution in [0.1, 0.15) is 5.69 Å². The summed E-state index contributed by atoms with van der Waals surface area (Å²) in [7, 11) is 0. The fourth-order valence-corrected chi connectivity index (χ4v) is 1.58. The number of hydrogen-bond donors (Lipinski definition) is 1. The zero-order valence-corrected chi connectivity index (χ0v) is 8.14. The summed E-state index contributed by atoms with van der Waals surface area (Å²) in [5.41, 5.74) is 1.45. The molecule has 0 bridgehead atoms. The van der Waals surface area contributed by atoms with Crippen molar-refractivity contribution in [2.75, 3.05) is 0 Å². The molecule has 0 spiro atoms. The number of para-hydroxylation sites is 1. The van der Waals surface area contributed by atoms with Crippen molar-refractivity contribution in [1.29, 1.82) is 5.26 Å². The molecule has 2 heterocycles.